The summed E-state index contributed by atoms with van der Waals surface area (Å²) in [4.78, 5) is 21.6. The maximum Gasteiger partial charge on any atom is 0.142 e. The lowest BCUT2D eigenvalue weighted by Gasteiger charge is -2.20. The van der Waals surface area contributed by atoms with Crippen molar-refractivity contribution in [2.75, 3.05) is 0 Å². The molecular weight excluding hydrogens is 340 g/mol. The lowest BCUT2D eigenvalue weighted by molar-refractivity contribution is -0.109. The van der Waals surface area contributed by atoms with Crippen LogP contribution in [-0.4, -0.2) is 16.3 Å². The predicted molar refractivity (Wildman–Crippen MR) is 97.5 cm³/mol. The minimum Gasteiger partial charge on any atom is -0.303 e. The third-order valence-electron chi connectivity index (χ3n) is 4.34. The number of thiazole rings is 1. The molecule has 0 radical (unpaired) electrons. The predicted octanol–water partition coefficient (Wildman–Crippen LogP) is 5.14. The second kappa shape index (κ2) is 6.46. The summed E-state index contributed by atoms with van der Waals surface area (Å²) in [6, 6.07) is 11.8. The molecule has 2 heterocycles. The highest BCUT2D eigenvalue weighted by Gasteiger charge is 2.21. The summed E-state index contributed by atoms with van der Waals surface area (Å²) in [5.74, 6) is -0.00591. The summed E-state index contributed by atoms with van der Waals surface area (Å²) < 4.78 is 0. The van der Waals surface area contributed by atoms with Gasteiger partial charge in [0.1, 0.15) is 11.3 Å². The molecule has 1 unspecified atom stereocenters. The van der Waals surface area contributed by atoms with E-state index in [2.05, 4.69) is 4.98 Å². The molecule has 0 saturated carbocycles. The monoisotopic (exact) mass is 354 g/mol. The molecule has 0 aliphatic heterocycles. The molecule has 0 spiro atoms. The molecule has 1 aliphatic carbocycles. The molecule has 1 aliphatic rings. The largest absolute Gasteiger partial charge is 0.303 e. The summed E-state index contributed by atoms with van der Waals surface area (Å²) in [5, 5.41) is 1.61. The molecule has 1 atom stereocenters. The number of carbonyl (C=O) groups is 1. The number of hydrogen-bond donors (Lipinski definition) is 0. The van der Waals surface area contributed by atoms with Crippen LogP contribution in [0.4, 0.5) is 0 Å². The molecule has 3 aromatic rings. The Bertz CT molecular complexity index is 906. The van der Waals surface area contributed by atoms with Gasteiger partial charge in [0, 0.05) is 22.8 Å². The van der Waals surface area contributed by atoms with E-state index in [-0.39, 0.29) is 5.92 Å². The van der Waals surface area contributed by atoms with Crippen molar-refractivity contribution in [3.63, 3.8) is 0 Å². The second-order valence-electron chi connectivity index (χ2n) is 5.91. The fourth-order valence-electron chi connectivity index (χ4n) is 3.12. The van der Waals surface area contributed by atoms with Crippen LogP contribution in [0.1, 0.15) is 30.0 Å². The molecule has 0 saturated heterocycles. The first-order valence-electron chi connectivity index (χ1n) is 7.92. The Kier molecular flexibility index (Phi) is 4.17. The Hall–Kier alpha value is -2.04. The zero-order valence-electron chi connectivity index (χ0n) is 12.9. The Morgan fingerprint density at radius 1 is 1.25 bits per heavy atom. The number of hydrogen-bond acceptors (Lipinski definition) is 4. The zero-order chi connectivity index (χ0) is 16.5. The van der Waals surface area contributed by atoms with E-state index < -0.39 is 0 Å². The maximum absolute atomic E-state index is 11.2. The van der Waals surface area contributed by atoms with Gasteiger partial charge in [-0.05, 0) is 48.6 Å². The van der Waals surface area contributed by atoms with E-state index >= 15 is 0 Å². The van der Waals surface area contributed by atoms with Crippen molar-refractivity contribution in [3.05, 3.63) is 58.9 Å². The lowest BCUT2D eigenvalue weighted by Crippen LogP contribution is -2.12. The molecule has 0 amide bonds. The Morgan fingerprint density at radius 2 is 2.17 bits per heavy atom. The second-order valence-corrected chi connectivity index (χ2v) is 7.37. The van der Waals surface area contributed by atoms with Gasteiger partial charge in [-0.2, -0.15) is 0 Å². The first kappa shape index (κ1) is 15.5. The first-order valence-corrected chi connectivity index (χ1v) is 9.11. The van der Waals surface area contributed by atoms with Crippen LogP contribution in [-0.2, 0) is 11.2 Å². The van der Waals surface area contributed by atoms with Gasteiger partial charge in [0.05, 0.1) is 10.6 Å². The lowest BCUT2D eigenvalue weighted by atomic mass is 9.86. The first-order chi connectivity index (χ1) is 11.7. The van der Waals surface area contributed by atoms with Crippen molar-refractivity contribution in [2.24, 2.45) is 0 Å². The molecule has 0 bridgehead atoms. The molecule has 0 fully saturated rings. The van der Waals surface area contributed by atoms with Gasteiger partial charge in [0.15, 0.2) is 0 Å². The third-order valence-corrected chi connectivity index (χ3v) is 5.64. The quantitative estimate of drug-likeness (QED) is 0.611. The van der Waals surface area contributed by atoms with E-state index in [9.17, 15) is 4.79 Å². The smallest absolute Gasteiger partial charge is 0.142 e. The van der Waals surface area contributed by atoms with Crippen LogP contribution in [0, 0.1) is 0 Å². The summed E-state index contributed by atoms with van der Waals surface area (Å²) >= 11 is 7.67. The zero-order valence-corrected chi connectivity index (χ0v) is 14.5. The average molecular weight is 355 g/mol. The van der Waals surface area contributed by atoms with Crippen LogP contribution in [0.25, 0.3) is 21.1 Å². The van der Waals surface area contributed by atoms with Gasteiger partial charge in [-0.3, -0.25) is 0 Å². The molecule has 3 nitrogen and oxygen atoms in total. The van der Waals surface area contributed by atoms with Crippen molar-refractivity contribution >= 4 is 29.2 Å². The number of fused-ring (bicyclic) bond motifs is 1. The number of halogens is 1. The molecule has 0 N–H and O–H groups in total. The number of nitrogens with zero attached hydrogens (tertiary/aromatic N) is 2. The number of aromatic nitrogens is 2. The fraction of sp³-hybridized carbons (Fsp3) is 0.211. The number of aldehydes is 1. The highest BCUT2D eigenvalue weighted by molar-refractivity contribution is 7.18. The third kappa shape index (κ3) is 2.87. The van der Waals surface area contributed by atoms with Gasteiger partial charge in [0.2, 0.25) is 0 Å². The van der Waals surface area contributed by atoms with Crippen LogP contribution >= 0.6 is 22.9 Å². The Labute approximate surface area is 149 Å². The van der Waals surface area contributed by atoms with Crippen molar-refractivity contribution in [1.82, 2.24) is 9.97 Å². The fourth-order valence-corrected chi connectivity index (χ4v) is 4.20. The molecule has 5 heteroatoms. The van der Waals surface area contributed by atoms with E-state index in [0.29, 0.717) is 5.02 Å². The van der Waals surface area contributed by atoms with E-state index in [1.54, 1.807) is 11.3 Å². The van der Waals surface area contributed by atoms with Gasteiger partial charge in [-0.1, -0.05) is 29.8 Å². The van der Waals surface area contributed by atoms with Crippen LogP contribution in [0.3, 0.4) is 0 Å². The van der Waals surface area contributed by atoms with Crippen LogP contribution < -0.4 is 0 Å². The van der Waals surface area contributed by atoms with E-state index in [1.165, 1.54) is 0 Å². The molecule has 24 heavy (non-hydrogen) atoms. The van der Waals surface area contributed by atoms with Crippen molar-refractivity contribution in [3.8, 4) is 21.1 Å². The van der Waals surface area contributed by atoms with Crippen LogP contribution in [0.15, 0.2) is 42.6 Å². The Morgan fingerprint density at radius 3 is 3.00 bits per heavy atom. The SMILES string of the molecule is O=CC1CCCc2nc(-c3ncc(-c4cccc(Cl)c4)s3)ccc21. The molecule has 2 aromatic heterocycles. The molecular formula is C19H15ClN2OS. The summed E-state index contributed by atoms with van der Waals surface area (Å²) in [6.45, 7) is 0. The highest BCUT2D eigenvalue weighted by Crippen LogP contribution is 2.35. The average Bonchev–Trinajstić information content (AvgIpc) is 3.11. The summed E-state index contributed by atoms with van der Waals surface area (Å²) in [6.07, 6.45) is 5.77. The Balaban J connectivity index is 1.69. The van der Waals surface area contributed by atoms with Crippen molar-refractivity contribution < 1.29 is 4.79 Å². The van der Waals surface area contributed by atoms with E-state index in [1.807, 2.05) is 42.6 Å². The van der Waals surface area contributed by atoms with Gasteiger partial charge in [0.25, 0.3) is 0 Å². The normalized spacial score (nSPS) is 16.6. The van der Waals surface area contributed by atoms with Gasteiger partial charge in [-0.15, -0.1) is 11.3 Å². The molecule has 4 rings (SSSR count). The van der Waals surface area contributed by atoms with Gasteiger partial charge < -0.3 is 4.79 Å². The number of carbonyl (C=O) groups excluding carboxylic acids is 1. The number of pyridine rings is 1. The highest BCUT2D eigenvalue weighted by atomic mass is 35.5. The van der Waals surface area contributed by atoms with E-state index in [4.69, 9.17) is 16.6 Å². The van der Waals surface area contributed by atoms with Crippen LogP contribution in [0.2, 0.25) is 5.02 Å². The molecule has 1 aromatic carbocycles. The van der Waals surface area contributed by atoms with Crippen molar-refractivity contribution in [2.45, 2.75) is 25.2 Å². The van der Waals surface area contributed by atoms with Crippen molar-refractivity contribution in [1.29, 1.82) is 0 Å². The number of benzene rings is 1. The van der Waals surface area contributed by atoms with Gasteiger partial charge in [-0.25, -0.2) is 9.97 Å². The molecule has 120 valence electrons. The van der Waals surface area contributed by atoms with E-state index in [0.717, 1.165) is 57.9 Å². The van der Waals surface area contributed by atoms with Crippen LogP contribution in [0.5, 0.6) is 0 Å². The standard InChI is InChI=1S/C19H15ClN2OS/c20-14-5-1-3-12(9-14)18-10-21-19(24-18)17-8-7-15-13(11-23)4-2-6-16(15)22-17/h1,3,5,7-11,13H,2,4,6H2. The minimum atomic E-state index is -0.00591. The number of rotatable bonds is 3. The summed E-state index contributed by atoms with van der Waals surface area (Å²) in [5.41, 5.74) is 4.05. The van der Waals surface area contributed by atoms with Gasteiger partial charge >= 0.3 is 0 Å². The minimum absolute atomic E-state index is 0.00591. The number of aryl methyl sites for hydroxylation is 1. The topological polar surface area (TPSA) is 42.9 Å². The summed E-state index contributed by atoms with van der Waals surface area (Å²) in [7, 11) is 0. The maximum atomic E-state index is 11.2.